The number of nitrogens with one attached hydrogen (secondary N) is 1. The number of halogens is 1. The van der Waals surface area contributed by atoms with Crippen LogP contribution in [0.25, 0.3) is 0 Å². The van der Waals surface area contributed by atoms with Crippen LogP contribution in [-0.2, 0) is 9.59 Å². The largest absolute Gasteiger partial charge is 0.358 e. The fraction of sp³-hybridized carbons (Fsp3) is 0.333. The Morgan fingerprint density at radius 1 is 1.50 bits per heavy atom. The minimum Gasteiger partial charge on any atom is -0.358 e. The summed E-state index contributed by atoms with van der Waals surface area (Å²) in [7, 11) is 1.53. The van der Waals surface area contributed by atoms with Gasteiger partial charge in [-0.1, -0.05) is 12.1 Å². The molecule has 1 fully saturated rings. The zero-order chi connectivity index (χ0) is 13.1. The molecule has 18 heavy (non-hydrogen) atoms. The van der Waals surface area contributed by atoms with Crippen molar-refractivity contribution in [2.75, 3.05) is 19.3 Å². The lowest BCUT2D eigenvalue weighted by Gasteiger charge is -2.23. The number of benzene rings is 1. The number of hydrogen-bond donors (Lipinski definition) is 1. The molecule has 0 bridgehead atoms. The molecule has 1 aliphatic heterocycles. The monoisotopic (exact) mass is 268 g/mol. The van der Waals surface area contributed by atoms with Crippen molar-refractivity contribution in [1.29, 1.82) is 0 Å². The Hall–Kier alpha value is -1.56. The van der Waals surface area contributed by atoms with Gasteiger partial charge >= 0.3 is 0 Å². The van der Waals surface area contributed by atoms with Gasteiger partial charge in [0.15, 0.2) is 0 Å². The SMILES string of the molecule is CNC(=O)CN1C(=O)CSC1c1ccc(F)cc1. The van der Waals surface area contributed by atoms with E-state index < -0.39 is 0 Å². The average molecular weight is 268 g/mol. The van der Waals surface area contributed by atoms with E-state index >= 15 is 0 Å². The summed E-state index contributed by atoms with van der Waals surface area (Å²) in [6, 6.07) is 6.00. The van der Waals surface area contributed by atoms with Crippen molar-refractivity contribution < 1.29 is 14.0 Å². The summed E-state index contributed by atoms with van der Waals surface area (Å²) in [5.41, 5.74) is 0.830. The van der Waals surface area contributed by atoms with Crippen LogP contribution in [0.1, 0.15) is 10.9 Å². The van der Waals surface area contributed by atoms with Gasteiger partial charge in [0.25, 0.3) is 0 Å². The Balaban J connectivity index is 2.18. The normalized spacial score (nSPS) is 19.1. The lowest BCUT2D eigenvalue weighted by atomic mass is 10.2. The van der Waals surface area contributed by atoms with Crippen molar-refractivity contribution in [3.05, 3.63) is 35.6 Å². The molecular formula is C12H13FN2O2S. The molecule has 0 spiro atoms. The van der Waals surface area contributed by atoms with Gasteiger partial charge in [0, 0.05) is 7.05 Å². The highest BCUT2D eigenvalue weighted by atomic mass is 32.2. The molecule has 0 aromatic heterocycles. The van der Waals surface area contributed by atoms with Crippen molar-refractivity contribution in [3.8, 4) is 0 Å². The molecule has 6 heteroatoms. The van der Waals surface area contributed by atoms with Gasteiger partial charge in [-0.05, 0) is 17.7 Å². The number of thioether (sulfide) groups is 1. The van der Waals surface area contributed by atoms with Gasteiger partial charge in [0.05, 0.1) is 5.75 Å². The summed E-state index contributed by atoms with van der Waals surface area (Å²) in [6.07, 6.45) is 0. The van der Waals surface area contributed by atoms with Crippen LogP contribution in [0.15, 0.2) is 24.3 Å². The zero-order valence-corrected chi connectivity index (χ0v) is 10.7. The standard InChI is InChI=1S/C12H13FN2O2S/c1-14-10(16)6-15-11(17)7-18-12(15)8-2-4-9(13)5-3-8/h2-5,12H,6-7H2,1H3,(H,14,16). The molecule has 4 nitrogen and oxygen atoms in total. The van der Waals surface area contributed by atoms with Gasteiger partial charge in [-0.25, -0.2) is 4.39 Å². The highest BCUT2D eigenvalue weighted by molar-refractivity contribution is 8.00. The van der Waals surface area contributed by atoms with E-state index in [1.54, 1.807) is 12.1 Å². The molecule has 1 aliphatic rings. The summed E-state index contributed by atoms with van der Waals surface area (Å²) in [6.45, 7) is 0.0321. The summed E-state index contributed by atoms with van der Waals surface area (Å²) < 4.78 is 12.9. The van der Waals surface area contributed by atoms with Crippen LogP contribution in [0.4, 0.5) is 4.39 Å². The minimum absolute atomic E-state index is 0.0321. The van der Waals surface area contributed by atoms with Crippen LogP contribution in [0.5, 0.6) is 0 Å². The first-order chi connectivity index (χ1) is 8.61. The number of amides is 2. The highest BCUT2D eigenvalue weighted by Crippen LogP contribution is 2.38. The van der Waals surface area contributed by atoms with Crippen LogP contribution >= 0.6 is 11.8 Å². The van der Waals surface area contributed by atoms with Crippen LogP contribution in [-0.4, -0.2) is 36.1 Å². The molecule has 1 atom stereocenters. The third-order valence-electron chi connectivity index (χ3n) is 2.72. The van der Waals surface area contributed by atoms with E-state index in [2.05, 4.69) is 5.32 Å². The number of rotatable bonds is 3. The second kappa shape index (κ2) is 5.39. The van der Waals surface area contributed by atoms with E-state index in [4.69, 9.17) is 0 Å². The molecule has 1 heterocycles. The molecule has 1 saturated heterocycles. The number of carbonyl (C=O) groups excluding carboxylic acids is 2. The van der Waals surface area contributed by atoms with Crippen molar-refractivity contribution in [1.82, 2.24) is 10.2 Å². The summed E-state index contributed by atoms with van der Waals surface area (Å²) in [5, 5.41) is 2.28. The second-order valence-electron chi connectivity index (χ2n) is 3.91. The van der Waals surface area contributed by atoms with Crippen LogP contribution in [0.3, 0.4) is 0 Å². The van der Waals surface area contributed by atoms with Gasteiger partial charge < -0.3 is 10.2 Å². The number of carbonyl (C=O) groups is 2. The van der Waals surface area contributed by atoms with E-state index in [-0.39, 0.29) is 29.6 Å². The lowest BCUT2D eigenvalue weighted by Crippen LogP contribution is -2.37. The fourth-order valence-corrected chi connectivity index (χ4v) is 2.95. The van der Waals surface area contributed by atoms with E-state index in [9.17, 15) is 14.0 Å². The van der Waals surface area contributed by atoms with Crippen molar-refractivity contribution in [2.24, 2.45) is 0 Å². The maximum Gasteiger partial charge on any atom is 0.239 e. The molecule has 2 amide bonds. The molecular weight excluding hydrogens is 255 g/mol. The van der Waals surface area contributed by atoms with Crippen LogP contribution < -0.4 is 5.32 Å². The number of likely N-dealkylation sites (N-methyl/N-ethyl adjacent to an activating group) is 1. The van der Waals surface area contributed by atoms with Crippen molar-refractivity contribution >= 4 is 23.6 Å². The Morgan fingerprint density at radius 3 is 2.78 bits per heavy atom. The first-order valence-electron chi connectivity index (χ1n) is 5.49. The Bertz CT molecular complexity index is 464. The van der Waals surface area contributed by atoms with E-state index in [0.717, 1.165) is 5.56 Å². The number of hydrogen-bond acceptors (Lipinski definition) is 3. The van der Waals surface area contributed by atoms with E-state index in [1.807, 2.05) is 0 Å². The molecule has 96 valence electrons. The Morgan fingerprint density at radius 2 is 2.17 bits per heavy atom. The highest BCUT2D eigenvalue weighted by Gasteiger charge is 2.33. The predicted molar refractivity (Wildman–Crippen MR) is 67.4 cm³/mol. The molecule has 2 rings (SSSR count). The second-order valence-corrected chi connectivity index (χ2v) is 4.98. The molecule has 0 radical (unpaired) electrons. The van der Waals surface area contributed by atoms with Gasteiger partial charge in [-0.2, -0.15) is 0 Å². The third kappa shape index (κ3) is 2.64. The maximum atomic E-state index is 12.9. The first-order valence-corrected chi connectivity index (χ1v) is 6.54. The molecule has 0 aliphatic carbocycles. The summed E-state index contributed by atoms with van der Waals surface area (Å²) in [5.74, 6) is -0.249. The maximum absolute atomic E-state index is 12.9. The smallest absolute Gasteiger partial charge is 0.239 e. The third-order valence-corrected chi connectivity index (χ3v) is 3.97. The Kier molecular flexibility index (Phi) is 3.86. The molecule has 1 aromatic rings. The first kappa shape index (κ1) is 12.9. The number of nitrogens with zero attached hydrogens (tertiary/aromatic N) is 1. The van der Waals surface area contributed by atoms with Crippen molar-refractivity contribution in [3.63, 3.8) is 0 Å². The molecule has 1 aromatic carbocycles. The Labute approximate surface area is 109 Å². The average Bonchev–Trinajstić information content (AvgIpc) is 2.72. The fourth-order valence-electron chi connectivity index (χ4n) is 1.76. The van der Waals surface area contributed by atoms with Crippen molar-refractivity contribution in [2.45, 2.75) is 5.37 Å². The molecule has 1 N–H and O–H groups in total. The predicted octanol–water partition coefficient (Wildman–Crippen LogP) is 1.15. The van der Waals surface area contributed by atoms with Gasteiger partial charge in [-0.3, -0.25) is 9.59 Å². The van der Waals surface area contributed by atoms with E-state index in [0.29, 0.717) is 5.75 Å². The summed E-state index contributed by atoms with van der Waals surface area (Å²) >= 11 is 1.44. The molecule has 1 unspecified atom stereocenters. The molecule has 0 saturated carbocycles. The van der Waals surface area contributed by atoms with E-state index in [1.165, 1.54) is 35.8 Å². The van der Waals surface area contributed by atoms with Crippen LogP contribution in [0.2, 0.25) is 0 Å². The zero-order valence-electron chi connectivity index (χ0n) is 9.85. The lowest BCUT2D eigenvalue weighted by molar-refractivity contribution is -0.133. The quantitative estimate of drug-likeness (QED) is 0.894. The summed E-state index contributed by atoms with van der Waals surface area (Å²) in [4.78, 5) is 24.6. The minimum atomic E-state index is -0.314. The van der Waals surface area contributed by atoms with Gasteiger partial charge in [0.2, 0.25) is 11.8 Å². The topological polar surface area (TPSA) is 49.4 Å². The van der Waals surface area contributed by atoms with Gasteiger partial charge in [-0.15, -0.1) is 11.8 Å². The van der Waals surface area contributed by atoms with Crippen LogP contribution in [0, 0.1) is 5.82 Å². The van der Waals surface area contributed by atoms with Gasteiger partial charge in [0.1, 0.15) is 17.7 Å².